The molecule has 1 aromatic rings. The number of rotatable bonds is 4. The van der Waals surface area contributed by atoms with Crippen molar-refractivity contribution in [3.05, 3.63) is 35.6 Å². The fourth-order valence-electron chi connectivity index (χ4n) is 2.61. The lowest BCUT2D eigenvalue weighted by Gasteiger charge is -2.34. The third-order valence-corrected chi connectivity index (χ3v) is 3.86. The van der Waals surface area contributed by atoms with Crippen LogP contribution in [0.1, 0.15) is 30.6 Å². The lowest BCUT2D eigenvalue weighted by molar-refractivity contribution is -0.134. The normalized spacial score (nSPS) is 20.1. The molecule has 1 aliphatic rings. The Morgan fingerprint density at radius 1 is 1.48 bits per heavy atom. The minimum atomic E-state index is -0.443. The summed E-state index contributed by atoms with van der Waals surface area (Å²) in [7, 11) is 0. The molecule has 4 nitrogen and oxygen atoms in total. The van der Waals surface area contributed by atoms with Crippen LogP contribution in [0.3, 0.4) is 0 Å². The Bertz CT molecular complexity index is 533. The first-order valence-electron chi connectivity index (χ1n) is 7.29. The van der Waals surface area contributed by atoms with Crippen LogP contribution in [0.25, 0.3) is 0 Å². The van der Waals surface area contributed by atoms with E-state index in [4.69, 9.17) is 0 Å². The third kappa shape index (κ3) is 3.88. The van der Waals surface area contributed by atoms with Crippen LogP contribution < -0.4 is 5.32 Å². The van der Waals surface area contributed by atoms with Crippen LogP contribution in [-0.2, 0) is 4.79 Å². The number of piperazine rings is 1. The smallest absolute Gasteiger partial charge is 0.223 e. The molecule has 1 saturated heterocycles. The van der Waals surface area contributed by atoms with Gasteiger partial charge in [0.05, 0.1) is 0 Å². The van der Waals surface area contributed by atoms with Gasteiger partial charge in [-0.3, -0.25) is 9.59 Å². The molecule has 0 radical (unpaired) electrons. The van der Waals surface area contributed by atoms with Crippen molar-refractivity contribution in [2.75, 3.05) is 19.6 Å². The molecule has 2 rings (SSSR count). The SMILES string of the molecule is CC(CC(=O)N1CCNC[C@@H]1C)C(=O)c1cccc(F)c1. The fourth-order valence-corrected chi connectivity index (χ4v) is 2.61. The number of nitrogens with one attached hydrogen (secondary N) is 1. The Hall–Kier alpha value is -1.75. The second kappa shape index (κ2) is 6.80. The number of ketones is 1. The number of nitrogens with zero attached hydrogens (tertiary/aromatic N) is 1. The van der Waals surface area contributed by atoms with Gasteiger partial charge in [-0.25, -0.2) is 4.39 Å². The average Bonchev–Trinajstić information content (AvgIpc) is 2.46. The van der Waals surface area contributed by atoms with Crippen molar-refractivity contribution in [3.63, 3.8) is 0 Å². The lowest BCUT2D eigenvalue weighted by atomic mass is 9.95. The number of carbonyl (C=O) groups excluding carboxylic acids is 2. The van der Waals surface area contributed by atoms with Gasteiger partial charge in [0.1, 0.15) is 5.82 Å². The first kappa shape index (κ1) is 15.6. The predicted octanol–water partition coefficient (Wildman–Crippen LogP) is 1.85. The van der Waals surface area contributed by atoms with Crippen molar-refractivity contribution in [1.29, 1.82) is 0 Å². The second-order valence-electron chi connectivity index (χ2n) is 5.62. The highest BCUT2D eigenvalue weighted by atomic mass is 19.1. The first-order chi connectivity index (χ1) is 9.99. The monoisotopic (exact) mass is 292 g/mol. The summed E-state index contributed by atoms with van der Waals surface area (Å²) in [5.74, 6) is -1.08. The number of halogens is 1. The van der Waals surface area contributed by atoms with Gasteiger partial charge in [-0.05, 0) is 19.1 Å². The summed E-state index contributed by atoms with van der Waals surface area (Å²) in [4.78, 5) is 26.4. The van der Waals surface area contributed by atoms with E-state index in [0.29, 0.717) is 12.1 Å². The van der Waals surface area contributed by atoms with E-state index < -0.39 is 11.7 Å². The van der Waals surface area contributed by atoms with E-state index in [2.05, 4.69) is 5.32 Å². The standard InChI is InChI=1S/C16H21FN2O2/c1-11(16(21)13-4-3-5-14(17)9-13)8-15(20)19-7-6-18-10-12(19)2/h3-5,9,11-12,18H,6-8,10H2,1-2H3/t11?,12-/m0/s1. The van der Waals surface area contributed by atoms with Crippen LogP contribution in [0.2, 0.25) is 0 Å². The van der Waals surface area contributed by atoms with Crippen molar-refractivity contribution in [1.82, 2.24) is 10.2 Å². The average molecular weight is 292 g/mol. The van der Waals surface area contributed by atoms with E-state index in [-0.39, 0.29) is 24.2 Å². The van der Waals surface area contributed by atoms with Crippen LogP contribution in [0.4, 0.5) is 4.39 Å². The Kier molecular flexibility index (Phi) is 5.07. The quantitative estimate of drug-likeness (QED) is 0.862. The molecule has 0 bridgehead atoms. The molecule has 1 aliphatic heterocycles. The predicted molar refractivity (Wildman–Crippen MR) is 78.6 cm³/mol. The molecule has 0 aliphatic carbocycles. The van der Waals surface area contributed by atoms with E-state index in [9.17, 15) is 14.0 Å². The van der Waals surface area contributed by atoms with Gasteiger partial charge in [0.2, 0.25) is 5.91 Å². The Morgan fingerprint density at radius 2 is 2.24 bits per heavy atom. The lowest BCUT2D eigenvalue weighted by Crippen LogP contribution is -2.52. The maximum absolute atomic E-state index is 13.2. The Morgan fingerprint density at radius 3 is 2.90 bits per heavy atom. The van der Waals surface area contributed by atoms with Crippen LogP contribution in [-0.4, -0.2) is 42.3 Å². The van der Waals surface area contributed by atoms with E-state index in [1.165, 1.54) is 18.2 Å². The molecular weight excluding hydrogens is 271 g/mol. The van der Waals surface area contributed by atoms with Crippen molar-refractivity contribution in [3.8, 4) is 0 Å². The van der Waals surface area contributed by atoms with Crippen LogP contribution in [0, 0.1) is 11.7 Å². The van der Waals surface area contributed by atoms with E-state index in [1.54, 1.807) is 13.0 Å². The highest BCUT2D eigenvalue weighted by molar-refractivity contribution is 5.99. The summed E-state index contributed by atoms with van der Waals surface area (Å²) < 4.78 is 13.2. The summed E-state index contributed by atoms with van der Waals surface area (Å²) in [5.41, 5.74) is 0.323. The van der Waals surface area contributed by atoms with Crippen LogP contribution in [0.15, 0.2) is 24.3 Å². The molecule has 0 aromatic heterocycles. The molecule has 1 N–H and O–H groups in total. The third-order valence-electron chi connectivity index (χ3n) is 3.86. The number of benzene rings is 1. The number of hydrogen-bond acceptors (Lipinski definition) is 3. The van der Waals surface area contributed by atoms with Crippen molar-refractivity contribution in [2.45, 2.75) is 26.3 Å². The molecule has 1 heterocycles. The molecule has 2 atom stereocenters. The molecular formula is C16H21FN2O2. The zero-order chi connectivity index (χ0) is 15.4. The molecule has 1 amide bonds. The zero-order valence-electron chi connectivity index (χ0n) is 12.4. The molecule has 5 heteroatoms. The minimum absolute atomic E-state index is 0.0127. The van der Waals surface area contributed by atoms with Gasteiger partial charge < -0.3 is 10.2 Å². The van der Waals surface area contributed by atoms with Crippen molar-refractivity contribution < 1.29 is 14.0 Å². The number of Topliss-reactive ketones (excluding diaryl/α,β-unsaturated/α-hetero) is 1. The number of carbonyl (C=O) groups is 2. The van der Waals surface area contributed by atoms with Gasteiger partial charge in [-0.2, -0.15) is 0 Å². The van der Waals surface area contributed by atoms with Gasteiger partial charge in [0.25, 0.3) is 0 Å². The highest BCUT2D eigenvalue weighted by Crippen LogP contribution is 2.16. The number of hydrogen-bond donors (Lipinski definition) is 1. The van der Waals surface area contributed by atoms with Gasteiger partial charge in [-0.15, -0.1) is 0 Å². The molecule has 0 spiro atoms. The minimum Gasteiger partial charge on any atom is -0.337 e. The van der Waals surface area contributed by atoms with Crippen molar-refractivity contribution in [2.24, 2.45) is 5.92 Å². The summed E-state index contributed by atoms with van der Waals surface area (Å²) in [6.07, 6.45) is 0.166. The van der Waals surface area contributed by atoms with E-state index in [0.717, 1.165) is 13.1 Å². The van der Waals surface area contributed by atoms with Crippen molar-refractivity contribution >= 4 is 11.7 Å². The maximum atomic E-state index is 13.2. The molecule has 1 unspecified atom stereocenters. The number of amides is 1. The first-order valence-corrected chi connectivity index (χ1v) is 7.29. The van der Waals surface area contributed by atoms with E-state index in [1.807, 2.05) is 11.8 Å². The highest BCUT2D eigenvalue weighted by Gasteiger charge is 2.26. The largest absolute Gasteiger partial charge is 0.337 e. The van der Waals surface area contributed by atoms with Crippen LogP contribution >= 0.6 is 0 Å². The Labute approximate surface area is 124 Å². The Balaban J connectivity index is 1.98. The topological polar surface area (TPSA) is 49.4 Å². The molecule has 0 saturated carbocycles. The van der Waals surface area contributed by atoms with E-state index >= 15 is 0 Å². The summed E-state index contributed by atoms with van der Waals surface area (Å²) in [6.45, 7) is 5.93. The molecule has 1 fully saturated rings. The fraction of sp³-hybridized carbons (Fsp3) is 0.500. The summed E-state index contributed by atoms with van der Waals surface area (Å²) >= 11 is 0. The van der Waals surface area contributed by atoms with Gasteiger partial charge in [-0.1, -0.05) is 19.1 Å². The van der Waals surface area contributed by atoms with Crippen LogP contribution in [0.5, 0.6) is 0 Å². The molecule has 114 valence electrons. The maximum Gasteiger partial charge on any atom is 0.223 e. The molecule has 1 aromatic carbocycles. The zero-order valence-corrected chi connectivity index (χ0v) is 12.4. The second-order valence-corrected chi connectivity index (χ2v) is 5.62. The summed E-state index contributed by atoms with van der Waals surface area (Å²) in [6, 6.07) is 5.75. The van der Waals surface area contributed by atoms with Gasteiger partial charge in [0, 0.05) is 43.6 Å². The molecule has 21 heavy (non-hydrogen) atoms. The van der Waals surface area contributed by atoms with Gasteiger partial charge in [0.15, 0.2) is 5.78 Å². The van der Waals surface area contributed by atoms with Gasteiger partial charge >= 0.3 is 0 Å². The summed E-state index contributed by atoms with van der Waals surface area (Å²) in [5, 5.41) is 3.23.